The van der Waals surface area contributed by atoms with Gasteiger partial charge in [0.15, 0.2) is 9.04 Å². The van der Waals surface area contributed by atoms with Crippen molar-refractivity contribution in [1.29, 1.82) is 0 Å². The zero-order chi connectivity index (χ0) is 10.7. The Morgan fingerprint density at radius 2 is 2.00 bits per heavy atom. The predicted molar refractivity (Wildman–Crippen MR) is 58.7 cm³/mol. The SMILES string of the molecule is CO[SiH](C)CCC[C-]=O.N[PH+](N)O.[U]. The minimum absolute atomic E-state index is 0. The molecule has 0 saturated carbocycles. The molecule has 5 nitrogen and oxygen atoms in total. The molecule has 1 unspecified atom stereocenters. The van der Waals surface area contributed by atoms with E-state index >= 15 is 0 Å². The smallest absolute Gasteiger partial charge is 0.263 e. The first-order chi connectivity index (χ1) is 6.04. The van der Waals surface area contributed by atoms with Gasteiger partial charge in [0.05, 0.1) is 0 Å². The van der Waals surface area contributed by atoms with Crippen LogP contribution < -0.4 is 11.0 Å². The van der Waals surface area contributed by atoms with Crippen LogP contribution in [0.3, 0.4) is 0 Å². The maximum absolute atomic E-state index is 9.72. The van der Waals surface area contributed by atoms with E-state index in [9.17, 15) is 4.79 Å². The normalized spacial score (nSPS) is 11.0. The van der Waals surface area contributed by atoms with Gasteiger partial charge >= 0.3 is 0 Å². The summed E-state index contributed by atoms with van der Waals surface area (Å²) in [6, 6.07) is 1.09. The Morgan fingerprint density at radius 3 is 2.29 bits per heavy atom. The van der Waals surface area contributed by atoms with Crippen molar-refractivity contribution >= 4 is 23.8 Å². The van der Waals surface area contributed by atoms with Crippen LogP contribution >= 0.6 is 8.45 Å². The molecule has 0 heterocycles. The van der Waals surface area contributed by atoms with E-state index < -0.39 is 17.5 Å². The Kier molecular flexibility index (Phi) is 24.5. The third-order valence-corrected chi connectivity index (χ3v) is 3.32. The van der Waals surface area contributed by atoms with Crippen molar-refractivity contribution < 1.29 is 45.2 Å². The summed E-state index contributed by atoms with van der Waals surface area (Å²) in [5, 5.41) is 0. The summed E-state index contributed by atoms with van der Waals surface area (Å²) in [5.41, 5.74) is 9.09. The summed E-state index contributed by atoms with van der Waals surface area (Å²) in [6.07, 6.45) is 3.38. The fraction of sp³-hybridized carbons (Fsp3) is 0.833. The summed E-state index contributed by atoms with van der Waals surface area (Å²) in [7, 11) is -1.03. The second kappa shape index (κ2) is 16.6. The monoisotopic (exact) mass is 464 g/mol. The van der Waals surface area contributed by atoms with E-state index in [-0.39, 0.29) is 31.1 Å². The van der Waals surface area contributed by atoms with Crippen LogP contribution in [-0.4, -0.2) is 27.3 Å². The first kappa shape index (κ1) is 20.6. The van der Waals surface area contributed by atoms with Gasteiger partial charge in [-0.05, 0) is 12.6 Å². The van der Waals surface area contributed by atoms with E-state index in [1.165, 1.54) is 0 Å². The van der Waals surface area contributed by atoms with Crippen LogP contribution in [0.25, 0.3) is 0 Å². The van der Waals surface area contributed by atoms with Gasteiger partial charge in [0.2, 0.25) is 0 Å². The van der Waals surface area contributed by atoms with Crippen molar-refractivity contribution in [3.8, 4) is 0 Å². The average Bonchev–Trinajstić information content (AvgIpc) is 2.03. The molecule has 0 aliphatic carbocycles. The second-order valence-corrected chi connectivity index (χ2v) is 6.03. The number of unbranched alkanes of at least 4 members (excludes halogenated alkanes) is 1. The van der Waals surface area contributed by atoms with Crippen LogP contribution in [0.1, 0.15) is 12.8 Å². The predicted octanol–water partition coefficient (Wildman–Crippen LogP) is -0.268. The van der Waals surface area contributed by atoms with Gasteiger partial charge in [0.1, 0.15) is 0 Å². The van der Waals surface area contributed by atoms with Gasteiger partial charge in [-0.1, -0.05) is 6.42 Å². The second-order valence-electron chi connectivity index (χ2n) is 2.51. The maximum Gasteiger partial charge on any atom is 0.263 e. The van der Waals surface area contributed by atoms with E-state index in [1.54, 1.807) is 7.11 Å². The topological polar surface area (TPSA) is 98.6 Å². The van der Waals surface area contributed by atoms with Crippen molar-refractivity contribution in [3.05, 3.63) is 0 Å². The molecule has 1 atom stereocenters. The van der Waals surface area contributed by atoms with Crippen LogP contribution in [0.2, 0.25) is 12.6 Å². The number of nitrogens with two attached hydrogens (primary N) is 2. The Hall–Kier alpha value is 1.21. The van der Waals surface area contributed by atoms with E-state index in [4.69, 9.17) is 9.32 Å². The molecule has 0 bridgehead atoms. The molecule has 0 aliphatic rings. The van der Waals surface area contributed by atoms with Crippen LogP contribution in [0.4, 0.5) is 0 Å². The molecule has 0 aromatic rings. The van der Waals surface area contributed by atoms with Crippen LogP contribution in [0.5, 0.6) is 0 Å². The molecule has 0 saturated heterocycles. The first-order valence-corrected chi connectivity index (χ1v) is 8.03. The van der Waals surface area contributed by atoms with Crippen molar-refractivity contribution in [2.75, 3.05) is 7.11 Å². The van der Waals surface area contributed by atoms with E-state index in [0.717, 1.165) is 12.5 Å². The third kappa shape index (κ3) is 29.2. The van der Waals surface area contributed by atoms with Crippen LogP contribution in [-0.2, 0) is 9.22 Å². The molecule has 14 heavy (non-hydrogen) atoms. The Morgan fingerprint density at radius 1 is 1.57 bits per heavy atom. The molecule has 0 rings (SSSR count). The van der Waals surface area contributed by atoms with Crippen LogP contribution in [0, 0.1) is 31.1 Å². The Labute approximate surface area is 112 Å². The summed E-state index contributed by atoms with van der Waals surface area (Å²) in [6.45, 7) is 2.13. The zero-order valence-corrected chi connectivity index (χ0v) is 14.9. The van der Waals surface area contributed by atoms with Crippen molar-refractivity contribution in [2.24, 2.45) is 11.0 Å². The summed E-state index contributed by atoms with van der Waals surface area (Å²) in [5.74, 6) is 0. The van der Waals surface area contributed by atoms with E-state index in [2.05, 4.69) is 17.6 Å². The van der Waals surface area contributed by atoms with Gasteiger partial charge in [-0.3, -0.25) is 6.29 Å². The van der Waals surface area contributed by atoms with Gasteiger partial charge in [0.25, 0.3) is 8.45 Å². The molecule has 5 N–H and O–H groups in total. The fourth-order valence-corrected chi connectivity index (χ4v) is 1.59. The third-order valence-electron chi connectivity index (χ3n) is 1.29. The summed E-state index contributed by atoms with van der Waals surface area (Å²) < 4.78 is 5.11. The first-order valence-electron chi connectivity index (χ1n) is 3.99. The van der Waals surface area contributed by atoms with Crippen molar-refractivity contribution in [3.63, 3.8) is 0 Å². The van der Waals surface area contributed by atoms with Crippen molar-refractivity contribution in [2.45, 2.75) is 25.4 Å². The quantitative estimate of drug-likeness (QED) is 0.225. The molecule has 0 radical (unpaired) electrons. The van der Waals surface area contributed by atoms with Crippen molar-refractivity contribution in [1.82, 2.24) is 0 Å². The summed E-state index contributed by atoms with van der Waals surface area (Å²) >= 11 is 0. The summed E-state index contributed by atoms with van der Waals surface area (Å²) in [4.78, 5) is 17.4. The number of carbonyl (C=O) groups excluding carboxylic acids is 1. The van der Waals surface area contributed by atoms with Gasteiger partial charge in [-0.15, -0.1) is 0 Å². The fourth-order valence-electron chi connectivity index (χ4n) is 0.580. The minimum atomic E-state index is -1.88. The van der Waals surface area contributed by atoms with Gasteiger partial charge in [-0.2, -0.15) is 17.4 Å². The van der Waals surface area contributed by atoms with E-state index in [0.29, 0.717) is 6.42 Å². The molecular formula is C6H19N2O3PSiU. The molecule has 0 amide bonds. The molecular weight excluding hydrogens is 445 g/mol. The molecule has 0 aliphatic heterocycles. The molecule has 8 heteroatoms. The Balaban J connectivity index is -0.000000209. The molecule has 0 fully saturated rings. The standard InChI is InChI=1S/C6H13O2Si.H5N2OP.U/c1-8-9(2)6-4-3-5-7;1-4(2)3;/h9H,3-4,6H2,1-2H3;4H,(H4,1,2,3);/q-1;;/p+1. The van der Waals surface area contributed by atoms with Crippen LogP contribution in [0.15, 0.2) is 0 Å². The number of rotatable bonds is 5. The molecule has 0 aromatic heterocycles. The maximum atomic E-state index is 9.72. The number of hydrogen-bond donors (Lipinski definition) is 3. The Bertz CT molecular complexity index is 120. The molecule has 0 spiro atoms. The number of hydrogen-bond acceptors (Lipinski definition) is 5. The largest absolute Gasteiger partial charge is 0.542 e. The van der Waals surface area contributed by atoms with Gasteiger partial charge in [-0.25, -0.2) is 4.89 Å². The minimum Gasteiger partial charge on any atom is -0.542 e. The average molecular weight is 464 g/mol. The van der Waals surface area contributed by atoms with Gasteiger partial charge in [0, 0.05) is 38.2 Å². The van der Waals surface area contributed by atoms with Gasteiger partial charge < -0.3 is 9.22 Å². The molecule has 84 valence electrons. The zero-order valence-electron chi connectivity index (χ0n) is 8.62. The van der Waals surface area contributed by atoms with E-state index in [1.807, 2.05) is 6.29 Å². The molecule has 0 aromatic carbocycles.